The highest BCUT2D eigenvalue weighted by Gasteiger charge is 2.41. The Balaban J connectivity index is 1.14. The number of hydrogen-bond acceptors (Lipinski definition) is 1. The molecule has 3 unspecified atom stereocenters. The third kappa shape index (κ3) is 5.48. The van der Waals surface area contributed by atoms with Crippen LogP contribution in [0.1, 0.15) is 106 Å². The van der Waals surface area contributed by atoms with E-state index in [0.29, 0.717) is 5.92 Å². The van der Waals surface area contributed by atoms with E-state index in [1.54, 1.807) is 0 Å². The monoisotopic (exact) mass is 713 g/mol. The van der Waals surface area contributed by atoms with Gasteiger partial charge in [0.1, 0.15) is 0 Å². The molecule has 1 nitrogen and oxygen atoms in total. The lowest BCUT2D eigenvalue weighted by atomic mass is 9.81. The summed E-state index contributed by atoms with van der Waals surface area (Å²) in [5.41, 5.74) is 14.8. The van der Waals surface area contributed by atoms with Gasteiger partial charge in [-0.2, -0.15) is 0 Å². The Hall–Kier alpha value is -5.14. The molecule has 4 aliphatic rings. The van der Waals surface area contributed by atoms with Crippen molar-refractivity contribution in [2.75, 3.05) is 4.90 Å². The molecule has 0 N–H and O–H groups in total. The second-order valence-corrected chi connectivity index (χ2v) is 17.9. The molecule has 3 fully saturated rings. The molecule has 0 heterocycles. The zero-order valence-corrected chi connectivity index (χ0v) is 32.4. The average Bonchev–Trinajstić information content (AvgIpc) is 3.94. The number of nitrogens with zero attached hydrogens (tertiary/aromatic N) is 1. The Kier molecular flexibility index (Phi) is 7.84. The van der Waals surface area contributed by atoms with E-state index in [1.807, 2.05) is 0 Å². The van der Waals surface area contributed by atoms with E-state index in [1.165, 1.54) is 141 Å². The molecule has 0 saturated heterocycles. The maximum absolute atomic E-state index is 2.60. The van der Waals surface area contributed by atoms with Crippen molar-refractivity contribution in [2.45, 2.75) is 88.9 Å². The van der Waals surface area contributed by atoms with Crippen LogP contribution in [0.3, 0.4) is 0 Å². The molecule has 4 aliphatic carbocycles. The number of anilines is 3. The minimum atomic E-state index is -0.141. The molecule has 0 radical (unpaired) electrons. The van der Waals surface area contributed by atoms with Crippen molar-refractivity contribution in [3.63, 3.8) is 0 Å². The molecule has 0 spiro atoms. The van der Waals surface area contributed by atoms with E-state index in [0.717, 1.165) is 17.8 Å². The molecule has 0 amide bonds. The zero-order chi connectivity index (χ0) is 36.7. The van der Waals surface area contributed by atoms with E-state index >= 15 is 0 Å². The van der Waals surface area contributed by atoms with Crippen LogP contribution in [0, 0.1) is 11.8 Å². The van der Waals surface area contributed by atoms with Crippen LogP contribution in [0.25, 0.3) is 43.8 Å². The predicted octanol–water partition coefficient (Wildman–Crippen LogP) is 15.4. The zero-order valence-electron chi connectivity index (χ0n) is 32.4. The highest BCUT2D eigenvalue weighted by atomic mass is 15.1. The number of fused-ring (bicyclic) bond motifs is 7. The van der Waals surface area contributed by atoms with Crippen LogP contribution < -0.4 is 4.90 Å². The first-order valence-corrected chi connectivity index (χ1v) is 21.2. The maximum atomic E-state index is 2.60. The smallest absolute Gasteiger partial charge is 0.0540 e. The van der Waals surface area contributed by atoms with Gasteiger partial charge in [0.2, 0.25) is 0 Å². The lowest BCUT2D eigenvalue weighted by Gasteiger charge is -2.31. The summed E-state index contributed by atoms with van der Waals surface area (Å²) in [6.07, 6.45) is 12.3. The summed E-state index contributed by atoms with van der Waals surface area (Å²) in [5.74, 6) is 3.18. The highest BCUT2D eigenvalue weighted by molar-refractivity contribution is 6.02. The molecule has 2 bridgehead atoms. The third-order valence-corrected chi connectivity index (χ3v) is 14.5. The summed E-state index contributed by atoms with van der Waals surface area (Å²) in [7, 11) is 0. The summed E-state index contributed by atoms with van der Waals surface area (Å²) in [5, 5.41) is 5.21. The Morgan fingerprint density at radius 2 is 1.29 bits per heavy atom. The molecular weight excluding hydrogens is 663 g/mol. The van der Waals surface area contributed by atoms with Crippen molar-refractivity contribution in [3.8, 4) is 22.3 Å². The molecule has 1 heteroatoms. The SMILES string of the molecule is CC1(C)c2ccccc2-c2c(-c3ccc4ccccc4c3)cc(N(c3ccc(C4CC5CCC4C5)cc3)c3cccc4ccc(C5CCCCC5)cc34)cc21. The van der Waals surface area contributed by atoms with E-state index in [2.05, 4.69) is 158 Å². The fourth-order valence-electron chi connectivity index (χ4n) is 11.6. The van der Waals surface area contributed by atoms with Crippen LogP contribution in [0.15, 0.2) is 140 Å². The predicted molar refractivity (Wildman–Crippen MR) is 233 cm³/mol. The molecule has 272 valence electrons. The normalized spacial score (nSPS) is 21.2. The first-order valence-electron chi connectivity index (χ1n) is 21.2. The van der Waals surface area contributed by atoms with Crippen molar-refractivity contribution in [2.24, 2.45) is 11.8 Å². The third-order valence-electron chi connectivity index (χ3n) is 14.5. The van der Waals surface area contributed by atoms with Crippen molar-refractivity contribution in [1.82, 2.24) is 0 Å². The molecule has 3 atom stereocenters. The lowest BCUT2D eigenvalue weighted by molar-refractivity contribution is 0.420. The van der Waals surface area contributed by atoms with Crippen LogP contribution in [0.4, 0.5) is 17.1 Å². The van der Waals surface area contributed by atoms with Crippen LogP contribution in [0.2, 0.25) is 0 Å². The fraction of sp³-hybridized carbons (Fsp3) is 0.296. The Labute approximate surface area is 327 Å². The maximum Gasteiger partial charge on any atom is 0.0540 e. The summed E-state index contributed by atoms with van der Waals surface area (Å²) >= 11 is 0. The van der Waals surface area contributed by atoms with Crippen molar-refractivity contribution in [3.05, 3.63) is 162 Å². The van der Waals surface area contributed by atoms with Gasteiger partial charge in [0.15, 0.2) is 0 Å². The van der Waals surface area contributed by atoms with Gasteiger partial charge in [-0.15, -0.1) is 0 Å². The van der Waals surface area contributed by atoms with Crippen LogP contribution in [-0.4, -0.2) is 0 Å². The number of hydrogen-bond donors (Lipinski definition) is 0. The lowest BCUT2D eigenvalue weighted by Crippen LogP contribution is -2.17. The van der Waals surface area contributed by atoms with Gasteiger partial charge in [-0.25, -0.2) is 0 Å². The number of rotatable bonds is 6. The van der Waals surface area contributed by atoms with E-state index < -0.39 is 0 Å². The largest absolute Gasteiger partial charge is 0.310 e. The van der Waals surface area contributed by atoms with Gasteiger partial charge >= 0.3 is 0 Å². The van der Waals surface area contributed by atoms with Crippen LogP contribution in [0.5, 0.6) is 0 Å². The first-order chi connectivity index (χ1) is 27.0. The van der Waals surface area contributed by atoms with Crippen molar-refractivity contribution < 1.29 is 0 Å². The minimum absolute atomic E-state index is 0.141. The Bertz CT molecular complexity index is 2580. The van der Waals surface area contributed by atoms with Gasteiger partial charge in [-0.3, -0.25) is 0 Å². The van der Waals surface area contributed by atoms with Crippen molar-refractivity contribution >= 4 is 38.6 Å². The second-order valence-electron chi connectivity index (χ2n) is 17.9. The van der Waals surface area contributed by atoms with E-state index in [9.17, 15) is 0 Å². The highest BCUT2D eigenvalue weighted by Crippen LogP contribution is 2.56. The van der Waals surface area contributed by atoms with Crippen LogP contribution >= 0.6 is 0 Å². The summed E-state index contributed by atoms with van der Waals surface area (Å²) in [6.45, 7) is 4.85. The fourth-order valence-corrected chi connectivity index (χ4v) is 11.6. The van der Waals surface area contributed by atoms with Gasteiger partial charge in [-0.05, 0) is 159 Å². The molecule has 55 heavy (non-hydrogen) atoms. The van der Waals surface area contributed by atoms with Crippen LogP contribution in [-0.2, 0) is 5.41 Å². The molecule has 0 aliphatic heterocycles. The second kappa shape index (κ2) is 13.0. The quantitative estimate of drug-likeness (QED) is 0.166. The van der Waals surface area contributed by atoms with Gasteiger partial charge in [0.05, 0.1) is 5.69 Å². The standard InChI is InChI=1S/C54H51N/c1-54(2)50-17-9-8-16-46(50)53-49(43-24-21-37-13-6-7-14-40(37)31-43)33-45(34-51(53)54)55(44-27-25-39(26-28-44)47-30-35-19-20-42(47)29-35)52-18-10-15-38-22-23-41(32-48(38)52)36-11-4-3-5-12-36/h6-10,13-18,21-28,31-36,42,47H,3-5,11-12,19-20,29-30H2,1-2H3. The molecule has 3 saturated carbocycles. The molecule has 7 aromatic carbocycles. The Morgan fingerprint density at radius 3 is 2.11 bits per heavy atom. The summed E-state index contributed by atoms with van der Waals surface area (Å²) in [6, 6.07) is 54.2. The average molecular weight is 714 g/mol. The molecular formula is C54H51N. The molecule has 7 aromatic rings. The van der Waals surface area contributed by atoms with Gasteiger partial charge in [-0.1, -0.05) is 137 Å². The van der Waals surface area contributed by atoms with E-state index in [4.69, 9.17) is 0 Å². The molecule has 0 aromatic heterocycles. The van der Waals surface area contributed by atoms with Gasteiger partial charge < -0.3 is 4.90 Å². The van der Waals surface area contributed by atoms with Gasteiger partial charge in [0, 0.05) is 22.2 Å². The van der Waals surface area contributed by atoms with Gasteiger partial charge in [0.25, 0.3) is 0 Å². The summed E-state index contributed by atoms with van der Waals surface area (Å²) < 4.78 is 0. The summed E-state index contributed by atoms with van der Waals surface area (Å²) in [4.78, 5) is 2.60. The Morgan fingerprint density at radius 1 is 0.527 bits per heavy atom. The minimum Gasteiger partial charge on any atom is -0.310 e. The topological polar surface area (TPSA) is 3.24 Å². The van der Waals surface area contributed by atoms with Crippen molar-refractivity contribution in [1.29, 1.82) is 0 Å². The number of benzene rings is 7. The first kappa shape index (κ1) is 33.2. The van der Waals surface area contributed by atoms with E-state index in [-0.39, 0.29) is 5.41 Å². The molecule has 11 rings (SSSR count).